The highest BCUT2D eigenvalue weighted by molar-refractivity contribution is 7.89. The summed E-state index contributed by atoms with van der Waals surface area (Å²) in [5.41, 5.74) is -0.0458. The van der Waals surface area contributed by atoms with E-state index in [0.717, 1.165) is 19.2 Å². The molecule has 9 nitrogen and oxygen atoms in total. The van der Waals surface area contributed by atoms with Gasteiger partial charge in [-0.05, 0) is 18.2 Å². The van der Waals surface area contributed by atoms with Crippen LogP contribution in [0.1, 0.15) is 16.8 Å². The molecule has 1 rings (SSSR count). The molecule has 1 aromatic carbocycles. The highest BCUT2D eigenvalue weighted by atomic mass is 32.2. The normalized spacial score (nSPS) is 12.4. The number of carbonyl (C=O) groups is 3. The summed E-state index contributed by atoms with van der Waals surface area (Å²) in [5, 5.41) is 17.4. The van der Waals surface area contributed by atoms with E-state index in [1.807, 2.05) is 0 Å². The largest absolute Gasteiger partial charge is 0.481 e. The standard InChI is InChI=1S/C12H13NO8S/c1-21-12(18)7-3-2-4-8(5-7)22(19,20)13-9(11(16)17)6-10(14)15/h2-5,9,13H,6H2,1H3,(H,14,15)(H,16,17)/t9-/m0/s1. The number of esters is 1. The van der Waals surface area contributed by atoms with E-state index in [2.05, 4.69) is 4.74 Å². The monoisotopic (exact) mass is 331 g/mol. The van der Waals surface area contributed by atoms with Gasteiger partial charge < -0.3 is 14.9 Å². The fourth-order valence-corrected chi connectivity index (χ4v) is 2.75. The maximum absolute atomic E-state index is 12.1. The molecule has 0 bridgehead atoms. The Bertz CT molecular complexity index is 697. The molecule has 0 aliphatic rings. The van der Waals surface area contributed by atoms with Crippen LogP contribution < -0.4 is 4.72 Å². The van der Waals surface area contributed by atoms with Crippen LogP contribution in [-0.4, -0.2) is 49.7 Å². The molecular formula is C12H13NO8S. The predicted molar refractivity (Wildman–Crippen MR) is 71.8 cm³/mol. The van der Waals surface area contributed by atoms with Gasteiger partial charge in [-0.25, -0.2) is 13.2 Å². The number of carboxylic acid groups (broad SMARTS) is 2. The Labute approximate surface area is 125 Å². The SMILES string of the molecule is COC(=O)c1cccc(S(=O)(=O)N[C@@H](CC(=O)O)C(=O)O)c1. The third kappa shape index (κ3) is 4.53. The number of sulfonamides is 1. The van der Waals surface area contributed by atoms with E-state index in [0.29, 0.717) is 0 Å². The Morgan fingerprint density at radius 2 is 1.91 bits per heavy atom. The van der Waals surface area contributed by atoms with E-state index in [4.69, 9.17) is 10.2 Å². The van der Waals surface area contributed by atoms with Crippen molar-refractivity contribution in [3.8, 4) is 0 Å². The van der Waals surface area contributed by atoms with Gasteiger partial charge in [-0.1, -0.05) is 6.07 Å². The number of carboxylic acids is 2. The molecule has 0 aliphatic carbocycles. The number of nitrogens with one attached hydrogen (secondary N) is 1. The zero-order chi connectivity index (χ0) is 16.9. The van der Waals surface area contributed by atoms with E-state index in [-0.39, 0.29) is 10.5 Å². The van der Waals surface area contributed by atoms with Crippen LogP contribution in [0, 0.1) is 0 Å². The van der Waals surface area contributed by atoms with Gasteiger partial charge >= 0.3 is 17.9 Å². The molecule has 1 aromatic rings. The van der Waals surface area contributed by atoms with Crippen LogP contribution in [0.5, 0.6) is 0 Å². The Morgan fingerprint density at radius 3 is 2.41 bits per heavy atom. The third-order valence-corrected chi connectivity index (χ3v) is 4.01. The number of carbonyl (C=O) groups excluding carboxylic acids is 1. The second-order valence-corrected chi connectivity index (χ2v) is 5.84. The minimum Gasteiger partial charge on any atom is -0.481 e. The topological polar surface area (TPSA) is 147 Å². The maximum Gasteiger partial charge on any atom is 0.337 e. The van der Waals surface area contributed by atoms with Gasteiger partial charge in [0.15, 0.2) is 0 Å². The van der Waals surface area contributed by atoms with Crippen molar-refractivity contribution >= 4 is 27.9 Å². The Hall–Kier alpha value is -2.46. The van der Waals surface area contributed by atoms with Crippen molar-refractivity contribution in [1.82, 2.24) is 4.72 Å². The van der Waals surface area contributed by atoms with E-state index < -0.39 is 40.4 Å². The van der Waals surface area contributed by atoms with E-state index in [9.17, 15) is 22.8 Å². The molecule has 0 aliphatic heterocycles. The lowest BCUT2D eigenvalue weighted by molar-refractivity contribution is -0.145. The fraction of sp³-hybridized carbons (Fsp3) is 0.250. The van der Waals surface area contributed by atoms with Crippen molar-refractivity contribution in [2.45, 2.75) is 17.4 Å². The molecule has 0 unspecified atom stereocenters. The van der Waals surface area contributed by atoms with Crippen molar-refractivity contribution in [3.05, 3.63) is 29.8 Å². The lowest BCUT2D eigenvalue weighted by atomic mass is 10.2. The van der Waals surface area contributed by atoms with Gasteiger partial charge in [0.25, 0.3) is 0 Å². The van der Waals surface area contributed by atoms with Crippen LogP contribution in [0.4, 0.5) is 0 Å². The van der Waals surface area contributed by atoms with Crippen molar-refractivity contribution < 1.29 is 37.8 Å². The fourth-order valence-electron chi connectivity index (χ4n) is 1.52. The number of hydrogen-bond acceptors (Lipinski definition) is 6. The summed E-state index contributed by atoms with van der Waals surface area (Å²) < 4.78 is 30.4. The van der Waals surface area contributed by atoms with Gasteiger partial charge in [0, 0.05) is 0 Å². The van der Waals surface area contributed by atoms with Crippen molar-refractivity contribution in [3.63, 3.8) is 0 Å². The van der Waals surface area contributed by atoms with Crippen LogP contribution in [-0.2, 0) is 24.3 Å². The lowest BCUT2D eigenvalue weighted by Gasteiger charge is -2.13. The zero-order valence-corrected chi connectivity index (χ0v) is 12.2. The van der Waals surface area contributed by atoms with Gasteiger partial charge in [-0.3, -0.25) is 9.59 Å². The van der Waals surface area contributed by atoms with Gasteiger partial charge in [-0.15, -0.1) is 0 Å². The smallest absolute Gasteiger partial charge is 0.337 e. The van der Waals surface area contributed by atoms with Crippen molar-refractivity contribution in [2.75, 3.05) is 7.11 Å². The second kappa shape index (κ2) is 7.00. The first kappa shape index (κ1) is 17.6. The average molecular weight is 331 g/mol. The summed E-state index contributed by atoms with van der Waals surface area (Å²) in [4.78, 5) is 32.4. The molecule has 3 N–H and O–H groups in total. The van der Waals surface area contributed by atoms with Crippen LogP contribution in [0.3, 0.4) is 0 Å². The summed E-state index contributed by atoms with van der Waals surface area (Å²) >= 11 is 0. The molecule has 120 valence electrons. The molecule has 0 aromatic heterocycles. The molecule has 22 heavy (non-hydrogen) atoms. The molecule has 10 heteroatoms. The van der Waals surface area contributed by atoms with E-state index in [1.165, 1.54) is 12.1 Å². The predicted octanol–water partition coefficient (Wildman–Crippen LogP) is -0.321. The quantitative estimate of drug-likeness (QED) is 0.576. The number of rotatable bonds is 7. The number of benzene rings is 1. The Kier molecular flexibility index (Phi) is 5.60. The number of ether oxygens (including phenoxy) is 1. The summed E-state index contributed by atoms with van der Waals surface area (Å²) in [6.07, 6.45) is -0.925. The van der Waals surface area contributed by atoms with Crippen molar-refractivity contribution in [1.29, 1.82) is 0 Å². The van der Waals surface area contributed by atoms with Gasteiger partial charge in [0.05, 0.1) is 24.0 Å². The van der Waals surface area contributed by atoms with Crippen molar-refractivity contribution in [2.24, 2.45) is 0 Å². The first-order valence-electron chi connectivity index (χ1n) is 5.82. The molecule has 0 amide bonds. The van der Waals surface area contributed by atoms with E-state index in [1.54, 1.807) is 4.72 Å². The molecule has 0 radical (unpaired) electrons. The molecule has 0 fully saturated rings. The number of methoxy groups -OCH3 is 1. The summed E-state index contributed by atoms with van der Waals surface area (Å²) in [6.45, 7) is 0. The Balaban J connectivity index is 3.10. The third-order valence-electron chi connectivity index (χ3n) is 2.54. The minimum atomic E-state index is -4.32. The minimum absolute atomic E-state index is 0.0458. The molecular weight excluding hydrogens is 318 g/mol. The summed E-state index contributed by atoms with van der Waals surface area (Å²) in [5.74, 6) is -3.87. The first-order valence-corrected chi connectivity index (χ1v) is 7.31. The van der Waals surface area contributed by atoms with Gasteiger partial charge in [0.1, 0.15) is 6.04 Å². The molecule has 0 heterocycles. The van der Waals surface area contributed by atoms with Crippen LogP contribution in [0.25, 0.3) is 0 Å². The maximum atomic E-state index is 12.1. The van der Waals surface area contributed by atoms with Crippen LogP contribution >= 0.6 is 0 Å². The molecule has 1 atom stereocenters. The summed E-state index contributed by atoms with van der Waals surface area (Å²) in [6, 6.07) is 2.89. The zero-order valence-electron chi connectivity index (χ0n) is 11.3. The van der Waals surface area contributed by atoms with Crippen LogP contribution in [0.15, 0.2) is 29.2 Å². The van der Waals surface area contributed by atoms with Crippen LogP contribution in [0.2, 0.25) is 0 Å². The average Bonchev–Trinajstić information content (AvgIpc) is 2.45. The molecule has 0 saturated carbocycles. The van der Waals surface area contributed by atoms with Gasteiger partial charge in [-0.2, -0.15) is 4.72 Å². The summed E-state index contributed by atoms with van der Waals surface area (Å²) in [7, 11) is -3.20. The highest BCUT2D eigenvalue weighted by Crippen LogP contribution is 2.13. The van der Waals surface area contributed by atoms with Gasteiger partial charge in [0.2, 0.25) is 10.0 Å². The number of aliphatic carboxylic acids is 2. The number of hydrogen-bond donors (Lipinski definition) is 3. The highest BCUT2D eigenvalue weighted by Gasteiger charge is 2.28. The second-order valence-electron chi connectivity index (χ2n) is 4.13. The lowest BCUT2D eigenvalue weighted by Crippen LogP contribution is -2.42. The Morgan fingerprint density at radius 1 is 1.27 bits per heavy atom. The molecule has 0 spiro atoms. The first-order chi connectivity index (χ1) is 10.2. The van der Waals surface area contributed by atoms with E-state index >= 15 is 0 Å². The molecule has 0 saturated heterocycles.